The van der Waals surface area contributed by atoms with E-state index in [0.29, 0.717) is 6.61 Å². The van der Waals surface area contributed by atoms with E-state index in [1.807, 2.05) is 13.8 Å². The van der Waals surface area contributed by atoms with E-state index in [1.54, 1.807) is 7.11 Å². The quantitative estimate of drug-likeness (QED) is 0.765. The first kappa shape index (κ1) is 18.8. The van der Waals surface area contributed by atoms with Crippen molar-refractivity contribution < 1.29 is 9.53 Å². The predicted octanol–water partition coefficient (Wildman–Crippen LogP) is 2.58. The Bertz CT molecular complexity index is 615. The number of ether oxygens (including phenoxy) is 1. The van der Waals surface area contributed by atoms with E-state index in [9.17, 15) is 10.1 Å². The van der Waals surface area contributed by atoms with Crippen LogP contribution in [0.1, 0.15) is 43.5 Å². The average Bonchev–Trinajstić information content (AvgIpc) is 2.86. The molecule has 1 aromatic rings. The summed E-state index contributed by atoms with van der Waals surface area (Å²) >= 11 is 1.41. The standard InChI is InChI=1S/C17H26N4O2S/c1-13-14(2)21(9-10-23-3)16(19-13)24-11-15(22)20-17(12-18)7-5-4-6-8-17/h4-11H2,1-3H3,(H,20,22). The summed E-state index contributed by atoms with van der Waals surface area (Å²) in [4.78, 5) is 16.9. The highest BCUT2D eigenvalue weighted by Gasteiger charge is 2.33. The Hall–Kier alpha value is -1.52. The van der Waals surface area contributed by atoms with Gasteiger partial charge < -0.3 is 14.6 Å². The zero-order chi connectivity index (χ0) is 17.6. The number of carbonyl (C=O) groups is 1. The van der Waals surface area contributed by atoms with E-state index >= 15 is 0 Å². The zero-order valence-electron chi connectivity index (χ0n) is 14.7. The second-order valence-corrected chi connectivity index (χ2v) is 7.24. The van der Waals surface area contributed by atoms with Gasteiger partial charge in [-0.15, -0.1) is 0 Å². The maximum Gasteiger partial charge on any atom is 0.231 e. The second-order valence-electron chi connectivity index (χ2n) is 6.30. The summed E-state index contributed by atoms with van der Waals surface area (Å²) in [6.45, 7) is 5.31. The molecular formula is C17H26N4O2S. The van der Waals surface area contributed by atoms with Crippen molar-refractivity contribution in [2.24, 2.45) is 0 Å². The maximum absolute atomic E-state index is 12.3. The average molecular weight is 350 g/mol. The van der Waals surface area contributed by atoms with Gasteiger partial charge in [0.2, 0.25) is 5.91 Å². The van der Waals surface area contributed by atoms with Crippen LogP contribution in [0.15, 0.2) is 5.16 Å². The maximum atomic E-state index is 12.3. The van der Waals surface area contributed by atoms with Crippen LogP contribution in [-0.4, -0.2) is 40.5 Å². The molecule has 1 fully saturated rings. The summed E-state index contributed by atoms with van der Waals surface area (Å²) in [7, 11) is 1.67. The molecule has 1 N–H and O–H groups in total. The number of aryl methyl sites for hydroxylation is 1. The number of hydrogen-bond donors (Lipinski definition) is 1. The van der Waals surface area contributed by atoms with Crippen molar-refractivity contribution in [3.05, 3.63) is 11.4 Å². The lowest BCUT2D eigenvalue weighted by Crippen LogP contribution is -2.49. The van der Waals surface area contributed by atoms with Crippen molar-refractivity contribution in [2.75, 3.05) is 19.5 Å². The van der Waals surface area contributed by atoms with Crippen LogP contribution < -0.4 is 5.32 Å². The number of amides is 1. The van der Waals surface area contributed by atoms with Crippen molar-refractivity contribution in [2.45, 2.75) is 63.2 Å². The Kier molecular flexibility index (Phi) is 6.69. The highest BCUT2D eigenvalue weighted by atomic mass is 32.2. The minimum Gasteiger partial charge on any atom is -0.383 e. The number of imidazole rings is 1. The monoisotopic (exact) mass is 350 g/mol. The molecule has 1 heterocycles. The van der Waals surface area contributed by atoms with Crippen LogP contribution in [0.3, 0.4) is 0 Å². The molecule has 1 aromatic heterocycles. The summed E-state index contributed by atoms with van der Waals surface area (Å²) < 4.78 is 7.23. The van der Waals surface area contributed by atoms with Gasteiger partial charge in [-0.3, -0.25) is 4.79 Å². The van der Waals surface area contributed by atoms with Crippen LogP contribution in [0.5, 0.6) is 0 Å². The van der Waals surface area contributed by atoms with Gasteiger partial charge in [-0.1, -0.05) is 31.0 Å². The number of thioether (sulfide) groups is 1. The molecule has 1 aliphatic carbocycles. The van der Waals surface area contributed by atoms with Crippen molar-refractivity contribution >= 4 is 17.7 Å². The van der Waals surface area contributed by atoms with Gasteiger partial charge in [-0.2, -0.15) is 5.26 Å². The molecule has 0 unspecified atom stereocenters. The summed E-state index contributed by atoms with van der Waals surface area (Å²) in [5.41, 5.74) is 1.39. The molecule has 0 radical (unpaired) electrons. The Labute approximate surface area is 148 Å². The van der Waals surface area contributed by atoms with Crippen LogP contribution in [0.25, 0.3) is 0 Å². The molecule has 6 nitrogen and oxygen atoms in total. The van der Waals surface area contributed by atoms with Crippen LogP contribution in [-0.2, 0) is 16.1 Å². The molecular weight excluding hydrogens is 324 g/mol. The molecule has 7 heteroatoms. The molecule has 0 saturated heterocycles. The Morgan fingerprint density at radius 1 is 1.42 bits per heavy atom. The molecule has 1 saturated carbocycles. The van der Waals surface area contributed by atoms with E-state index < -0.39 is 5.54 Å². The van der Waals surface area contributed by atoms with E-state index in [0.717, 1.165) is 55.2 Å². The molecule has 0 bridgehead atoms. The second kappa shape index (κ2) is 8.54. The van der Waals surface area contributed by atoms with Crippen molar-refractivity contribution in [1.29, 1.82) is 5.26 Å². The Morgan fingerprint density at radius 3 is 2.75 bits per heavy atom. The van der Waals surface area contributed by atoms with Gasteiger partial charge in [0.05, 0.1) is 24.1 Å². The van der Waals surface area contributed by atoms with Crippen LogP contribution in [0.4, 0.5) is 0 Å². The molecule has 132 valence electrons. The topological polar surface area (TPSA) is 79.9 Å². The first-order valence-electron chi connectivity index (χ1n) is 8.39. The van der Waals surface area contributed by atoms with Gasteiger partial charge in [-0.25, -0.2) is 4.98 Å². The summed E-state index contributed by atoms with van der Waals surface area (Å²) in [5.74, 6) is 0.173. The van der Waals surface area contributed by atoms with Gasteiger partial charge in [0.1, 0.15) is 5.54 Å². The predicted molar refractivity (Wildman–Crippen MR) is 93.9 cm³/mol. The van der Waals surface area contributed by atoms with Gasteiger partial charge >= 0.3 is 0 Å². The molecule has 0 aromatic carbocycles. The van der Waals surface area contributed by atoms with Crippen LogP contribution in [0.2, 0.25) is 0 Å². The van der Waals surface area contributed by atoms with E-state index in [2.05, 4.69) is 20.9 Å². The smallest absolute Gasteiger partial charge is 0.231 e. The SMILES string of the molecule is COCCn1c(SCC(=O)NC2(C#N)CCCCC2)nc(C)c1C. The van der Waals surface area contributed by atoms with Crippen LogP contribution in [0, 0.1) is 25.2 Å². The molecule has 0 aliphatic heterocycles. The summed E-state index contributed by atoms with van der Waals surface area (Å²) in [6, 6.07) is 2.32. The lowest BCUT2D eigenvalue weighted by Gasteiger charge is -2.31. The lowest BCUT2D eigenvalue weighted by atomic mass is 9.83. The van der Waals surface area contributed by atoms with Crippen LogP contribution >= 0.6 is 11.8 Å². The number of hydrogen-bond acceptors (Lipinski definition) is 5. The molecule has 24 heavy (non-hydrogen) atoms. The first-order valence-corrected chi connectivity index (χ1v) is 9.37. The minimum atomic E-state index is -0.673. The van der Waals surface area contributed by atoms with Crippen molar-refractivity contribution in [3.8, 4) is 6.07 Å². The third-order valence-corrected chi connectivity index (χ3v) is 5.55. The Balaban J connectivity index is 1.96. The molecule has 1 amide bonds. The fraction of sp³-hybridized carbons (Fsp3) is 0.706. The normalized spacial score (nSPS) is 16.6. The van der Waals surface area contributed by atoms with Crippen molar-refractivity contribution in [3.63, 3.8) is 0 Å². The summed E-state index contributed by atoms with van der Waals surface area (Å²) in [6.07, 6.45) is 4.65. The van der Waals surface area contributed by atoms with Gasteiger partial charge in [0, 0.05) is 19.3 Å². The third-order valence-electron chi connectivity index (χ3n) is 4.57. The largest absolute Gasteiger partial charge is 0.383 e. The number of carbonyl (C=O) groups excluding carboxylic acids is 1. The zero-order valence-corrected chi connectivity index (χ0v) is 15.5. The lowest BCUT2D eigenvalue weighted by molar-refractivity contribution is -0.120. The van der Waals surface area contributed by atoms with Gasteiger partial charge in [0.25, 0.3) is 0 Å². The number of aromatic nitrogens is 2. The molecule has 1 aliphatic rings. The van der Waals surface area contributed by atoms with Gasteiger partial charge in [-0.05, 0) is 26.7 Å². The highest BCUT2D eigenvalue weighted by Crippen LogP contribution is 2.28. The number of methoxy groups -OCH3 is 1. The highest BCUT2D eigenvalue weighted by molar-refractivity contribution is 7.99. The molecule has 2 rings (SSSR count). The number of nitriles is 1. The number of rotatable bonds is 7. The van der Waals surface area contributed by atoms with Gasteiger partial charge in [0.15, 0.2) is 5.16 Å². The van der Waals surface area contributed by atoms with E-state index in [-0.39, 0.29) is 11.7 Å². The van der Waals surface area contributed by atoms with E-state index in [4.69, 9.17) is 4.74 Å². The molecule has 0 atom stereocenters. The number of nitrogens with one attached hydrogen (secondary N) is 1. The Morgan fingerprint density at radius 2 is 2.12 bits per heavy atom. The number of nitrogens with zero attached hydrogens (tertiary/aromatic N) is 3. The van der Waals surface area contributed by atoms with Crippen molar-refractivity contribution in [1.82, 2.24) is 14.9 Å². The third kappa shape index (κ3) is 4.52. The first-order chi connectivity index (χ1) is 11.5. The fourth-order valence-corrected chi connectivity index (χ4v) is 3.95. The molecule has 0 spiro atoms. The minimum absolute atomic E-state index is 0.0972. The van der Waals surface area contributed by atoms with E-state index in [1.165, 1.54) is 11.8 Å². The summed E-state index contributed by atoms with van der Waals surface area (Å²) in [5, 5.41) is 13.2. The fourth-order valence-electron chi connectivity index (χ4n) is 3.03.